The minimum absolute atomic E-state index is 0.0268. The van der Waals surface area contributed by atoms with Gasteiger partial charge in [-0.15, -0.1) is 0 Å². The van der Waals surface area contributed by atoms with E-state index in [0.29, 0.717) is 17.4 Å². The summed E-state index contributed by atoms with van der Waals surface area (Å²) >= 11 is 3.93. The van der Waals surface area contributed by atoms with Crippen LogP contribution in [0.5, 0.6) is 0 Å². The van der Waals surface area contributed by atoms with E-state index >= 15 is 0 Å². The third-order valence-electron chi connectivity index (χ3n) is 5.02. The molecule has 2 aliphatic carbocycles. The maximum atomic E-state index is 12.3. The van der Waals surface area contributed by atoms with Gasteiger partial charge in [-0.3, -0.25) is 0 Å². The van der Waals surface area contributed by atoms with Crippen LogP contribution in [0.1, 0.15) is 49.9 Å². The molecule has 2 atom stereocenters. The van der Waals surface area contributed by atoms with E-state index in [1.165, 1.54) is 25.7 Å². The number of ether oxygens (including phenoxy) is 1. The molecule has 1 aromatic rings. The molecule has 0 aliphatic heterocycles. The van der Waals surface area contributed by atoms with E-state index in [0.717, 1.165) is 0 Å². The maximum absolute atomic E-state index is 12.3. The predicted octanol–water partition coefficient (Wildman–Crippen LogP) is 4.58. The van der Waals surface area contributed by atoms with Crippen LogP contribution in [0.2, 0.25) is 0 Å². The molecular formula is C17H21BrO2. The lowest BCUT2D eigenvalue weighted by Crippen LogP contribution is -2.41. The smallest absolute Gasteiger partial charge is 0.338 e. The molecule has 0 bridgehead atoms. The molecule has 0 spiro atoms. The van der Waals surface area contributed by atoms with Crippen LogP contribution in [0, 0.1) is 11.8 Å². The Morgan fingerprint density at radius 2 is 1.75 bits per heavy atom. The Hall–Kier alpha value is -0.830. The Labute approximate surface area is 129 Å². The molecule has 2 aliphatic rings. The van der Waals surface area contributed by atoms with Crippen LogP contribution < -0.4 is 0 Å². The monoisotopic (exact) mass is 336 g/mol. The Morgan fingerprint density at radius 1 is 1.20 bits per heavy atom. The van der Waals surface area contributed by atoms with Crippen molar-refractivity contribution >= 4 is 21.9 Å². The number of rotatable bonds is 3. The predicted molar refractivity (Wildman–Crippen MR) is 83.0 cm³/mol. The van der Waals surface area contributed by atoms with E-state index in [1.807, 2.05) is 32.0 Å². The number of carbonyl (C=O) groups excluding carboxylic acids is 1. The summed E-state index contributed by atoms with van der Waals surface area (Å²) in [4.78, 5) is 12.3. The highest BCUT2D eigenvalue weighted by molar-refractivity contribution is 9.10. The van der Waals surface area contributed by atoms with Crippen molar-refractivity contribution in [3.8, 4) is 0 Å². The summed E-state index contributed by atoms with van der Waals surface area (Å²) in [6.07, 6.45) is 5.11. The zero-order valence-corrected chi connectivity index (χ0v) is 13.7. The lowest BCUT2D eigenvalue weighted by atomic mass is 9.99. The van der Waals surface area contributed by atoms with Crippen molar-refractivity contribution in [2.24, 2.45) is 11.8 Å². The average molecular weight is 337 g/mol. The molecule has 0 N–H and O–H groups in total. The van der Waals surface area contributed by atoms with Crippen molar-refractivity contribution in [3.63, 3.8) is 0 Å². The average Bonchev–Trinajstić information content (AvgIpc) is 3.08. The van der Waals surface area contributed by atoms with Crippen molar-refractivity contribution in [3.05, 3.63) is 35.9 Å². The zero-order valence-electron chi connectivity index (χ0n) is 12.1. The minimum Gasteiger partial charge on any atom is -0.455 e. The van der Waals surface area contributed by atoms with Gasteiger partial charge in [-0.25, -0.2) is 4.79 Å². The molecule has 0 amide bonds. The van der Waals surface area contributed by atoms with E-state index in [-0.39, 0.29) is 10.3 Å². The van der Waals surface area contributed by atoms with Gasteiger partial charge in [0.15, 0.2) is 0 Å². The van der Waals surface area contributed by atoms with Gasteiger partial charge in [-0.1, -0.05) is 47.0 Å². The highest BCUT2D eigenvalue weighted by Crippen LogP contribution is 2.69. The molecule has 2 saturated carbocycles. The second-order valence-electron chi connectivity index (χ2n) is 6.53. The van der Waals surface area contributed by atoms with E-state index < -0.39 is 5.60 Å². The first kappa shape index (κ1) is 14.1. The Balaban J connectivity index is 1.75. The Morgan fingerprint density at radius 3 is 2.30 bits per heavy atom. The molecular weight excluding hydrogens is 316 g/mol. The number of halogens is 1. The van der Waals surface area contributed by atoms with Crippen LogP contribution in [-0.4, -0.2) is 15.9 Å². The highest BCUT2D eigenvalue weighted by atomic mass is 79.9. The van der Waals surface area contributed by atoms with Crippen molar-refractivity contribution in [2.45, 2.75) is 49.5 Å². The van der Waals surface area contributed by atoms with Gasteiger partial charge in [0.1, 0.15) is 5.60 Å². The van der Waals surface area contributed by atoms with Gasteiger partial charge in [0.05, 0.1) is 9.89 Å². The summed E-state index contributed by atoms with van der Waals surface area (Å²) in [6, 6.07) is 9.25. The van der Waals surface area contributed by atoms with Crippen LogP contribution in [0.25, 0.3) is 0 Å². The molecule has 2 nitrogen and oxygen atoms in total. The maximum Gasteiger partial charge on any atom is 0.338 e. The molecule has 0 saturated heterocycles. The van der Waals surface area contributed by atoms with E-state index in [9.17, 15) is 4.79 Å². The number of hydrogen-bond acceptors (Lipinski definition) is 2. The number of esters is 1. The van der Waals surface area contributed by atoms with Gasteiger partial charge < -0.3 is 4.74 Å². The molecule has 0 aromatic heterocycles. The minimum atomic E-state index is -0.473. The summed E-state index contributed by atoms with van der Waals surface area (Å²) in [7, 11) is 0. The quantitative estimate of drug-likeness (QED) is 0.596. The standard InChI is InChI=1S/C17H21BrO2/c1-16(2,17(18)13-10-6-7-11-14(13)17)20-15(19)12-8-4-3-5-9-12/h3-5,8-9,13-14H,6-7,10-11H2,1-2H3. The van der Waals surface area contributed by atoms with Crippen LogP contribution >= 0.6 is 15.9 Å². The van der Waals surface area contributed by atoms with Crippen LogP contribution in [-0.2, 0) is 4.74 Å². The number of benzene rings is 1. The normalized spacial score (nSPS) is 32.4. The number of carbonyl (C=O) groups is 1. The van der Waals surface area contributed by atoms with Gasteiger partial charge >= 0.3 is 5.97 Å². The summed E-state index contributed by atoms with van der Waals surface area (Å²) in [6.45, 7) is 4.09. The van der Waals surface area contributed by atoms with Crippen molar-refractivity contribution < 1.29 is 9.53 Å². The van der Waals surface area contributed by atoms with E-state index in [4.69, 9.17) is 4.74 Å². The second-order valence-corrected chi connectivity index (χ2v) is 7.84. The Bertz CT molecular complexity index is 497. The fourth-order valence-corrected chi connectivity index (χ4v) is 4.93. The second kappa shape index (κ2) is 4.87. The third kappa shape index (κ3) is 2.11. The molecule has 0 heterocycles. The highest BCUT2D eigenvalue weighted by Gasteiger charge is 2.71. The molecule has 108 valence electrons. The van der Waals surface area contributed by atoms with Crippen LogP contribution in [0.3, 0.4) is 0 Å². The number of hydrogen-bond donors (Lipinski definition) is 0. The summed E-state index contributed by atoms with van der Waals surface area (Å²) < 4.78 is 5.83. The lowest BCUT2D eigenvalue weighted by Gasteiger charge is -2.32. The van der Waals surface area contributed by atoms with Gasteiger partial charge in [0.2, 0.25) is 0 Å². The van der Waals surface area contributed by atoms with Crippen LogP contribution in [0.15, 0.2) is 30.3 Å². The van der Waals surface area contributed by atoms with Crippen LogP contribution in [0.4, 0.5) is 0 Å². The molecule has 20 heavy (non-hydrogen) atoms. The number of fused-ring (bicyclic) bond motifs is 1. The topological polar surface area (TPSA) is 26.3 Å². The fraction of sp³-hybridized carbons (Fsp3) is 0.588. The van der Waals surface area contributed by atoms with Gasteiger partial charge in [0, 0.05) is 0 Å². The summed E-state index contributed by atoms with van der Waals surface area (Å²) in [5.74, 6) is 1.10. The van der Waals surface area contributed by atoms with Crippen molar-refractivity contribution in [1.29, 1.82) is 0 Å². The number of alkyl halides is 1. The van der Waals surface area contributed by atoms with Gasteiger partial charge in [-0.2, -0.15) is 0 Å². The zero-order chi connectivity index (χ0) is 14.4. The van der Waals surface area contributed by atoms with E-state index in [1.54, 1.807) is 12.1 Å². The SMILES string of the molecule is CC(C)(OC(=O)c1ccccc1)C1(Br)C2CCCCC21. The first-order valence-corrected chi connectivity index (χ1v) is 8.23. The molecule has 0 radical (unpaired) electrons. The molecule has 2 fully saturated rings. The molecule has 3 heteroatoms. The Kier molecular flexibility index (Phi) is 3.44. The van der Waals surface area contributed by atoms with Crippen molar-refractivity contribution in [1.82, 2.24) is 0 Å². The van der Waals surface area contributed by atoms with E-state index in [2.05, 4.69) is 15.9 Å². The summed E-state index contributed by atoms with van der Waals surface area (Å²) in [5.41, 5.74) is 0.153. The molecule has 3 rings (SSSR count). The van der Waals surface area contributed by atoms with Crippen molar-refractivity contribution in [2.75, 3.05) is 0 Å². The first-order chi connectivity index (χ1) is 9.47. The first-order valence-electron chi connectivity index (χ1n) is 7.44. The summed E-state index contributed by atoms with van der Waals surface area (Å²) in [5, 5.41) is 0. The lowest BCUT2D eigenvalue weighted by molar-refractivity contribution is -0.00753. The van der Waals surface area contributed by atoms with Gasteiger partial charge in [0.25, 0.3) is 0 Å². The molecule has 2 unspecified atom stereocenters. The van der Waals surface area contributed by atoms with Gasteiger partial charge in [-0.05, 0) is 50.7 Å². The molecule has 1 aromatic carbocycles. The third-order valence-corrected chi connectivity index (χ3v) is 7.15. The fourth-order valence-electron chi connectivity index (χ4n) is 3.89. The largest absolute Gasteiger partial charge is 0.455 e.